The molecule has 0 saturated heterocycles. The Morgan fingerprint density at radius 3 is 2.75 bits per heavy atom. The van der Waals surface area contributed by atoms with Gasteiger partial charge in [-0.2, -0.15) is 0 Å². The molecular formula is C18H23NO. The fourth-order valence-electron chi connectivity index (χ4n) is 6.10. The van der Waals surface area contributed by atoms with Crippen molar-refractivity contribution in [1.29, 1.82) is 0 Å². The van der Waals surface area contributed by atoms with E-state index in [0.717, 1.165) is 36.5 Å². The zero-order valence-corrected chi connectivity index (χ0v) is 11.9. The molecule has 4 aliphatic rings. The van der Waals surface area contributed by atoms with E-state index in [-0.39, 0.29) is 6.10 Å². The molecule has 1 N–H and O–H groups in total. The molecule has 2 bridgehead atoms. The van der Waals surface area contributed by atoms with Crippen molar-refractivity contribution in [2.45, 2.75) is 50.5 Å². The van der Waals surface area contributed by atoms with Crippen molar-refractivity contribution >= 4 is 0 Å². The predicted octanol–water partition coefficient (Wildman–Crippen LogP) is 3.15. The third-order valence-corrected chi connectivity index (χ3v) is 6.84. The van der Waals surface area contributed by atoms with Crippen molar-refractivity contribution in [1.82, 2.24) is 4.98 Å². The van der Waals surface area contributed by atoms with E-state index in [9.17, 15) is 5.11 Å². The van der Waals surface area contributed by atoms with Crippen LogP contribution in [-0.2, 0) is 6.42 Å². The third kappa shape index (κ3) is 1.46. The summed E-state index contributed by atoms with van der Waals surface area (Å²) in [5.41, 5.74) is 2.60. The van der Waals surface area contributed by atoms with Gasteiger partial charge in [-0.25, -0.2) is 0 Å². The zero-order valence-electron chi connectivity index (χ0n) is 11.9. The van der Waals surface area contributed by atoms with Gasteiger partial charge in [-0.15, -0.1) is 0 Å². The monoisotopic (exact) mass is 269 g/mol. The Kier molecular flexibility index (Phi) is 2.39. The molecule has 1 heterocycles. The number of aliphatic hydroxyl groups is 1. The van der Waals surface area contributed by atoms with Crippen LogP contribution in [-0.4, -0.2) is 16.2 Å². The molecule has 3 fully saturated rings. The molecule has 20 heavy (non-hydrogen) atoms. The molecule has 6 unspecified atom stereocenters. The van der Waals surface area contributed by atoms with Crippen LogP contribution in [0.2, 0.25) is 0 Å². The average Bonchev–Trinajstić information content (AvgIpc) is 2.93. The van der Waals surface area contributed by atoms with Gasteiger partial charge >= 0.3 is 0 Å². The first-order valence-corrected chi connectivity index (χ1v) is 8.46. The zero-order chi connectivity index (χ0) is 13.3. The lowest BCUT2D eigenvalue weighted by Crippen LogP contribution is -2.28. The van der Waals surface area contributed by atoms with Crippen LogP contribution >= 0.6 is 0 Å². The molecule has 0 amide bonds. The summed E-state index contributed by atoms with van der Waals surface area (Å²) in [7, 11) is 0. The number of nitrogens with zero attached hydrogens (tertiary/aromatic N) is 1. The van der Waals surface area contributed by atoms with E-state index in [2.05, 4.69) is 11.1 Å². The SMILES string of the molecule is OC(C1CCCc2cccnc21)C1C2C3CCC(C3)C21. The lowest BCUT2D eigenvalue weighted by atomic mass is 9.80. The average molecular weight is 269 g/mol. The minimum atomic E-state index is -0.123. The number of fused-ring (bicyclic) bond motifs is 6. The first kappa shape index (κ1) is 11.7. The summed E-state index contributed by atoms with van der Waals surface area (Å²) in [6.45, 7) is 0. The van der Waals surface area contributed by atoms with Crippen molar-refractivity contribution in [2.75, 3.05) is 0 Å². The van der Waals surface area contributed by atoms with E-state index in [0.29, 0.717) is 11.8 Å². The van der Waals surface area contributed by atoms with E-state index in [1.54, 1.807) is 0 Å². The molecule has 2 heteroatoms. The smallest absolute Gasteiger partial charge is 0.0657 e. The van der Waals surface area contributed by atoms with Gasteiger partial charge in [0, 0.05) is 17.8 Å². The van der Waals surface area contributed by atoms with E-state index in [1.807, 2.05) is 12.3 Å². The lowest BCUT2D eigenvalue weighted by Gasteiger charge is -2.29. The van der Waals surface area contributed by atoms with E-state index in [4.69, 9.17) is 0 Å². The van der Waals surface area contributed by atoms with Gasteiger partial charge in [0.2, 0.25) is 0 Å². The fraction of sp³-hybridized carbons (Fsp3) is 0.722. The van der Waals surface area contributed by atoms with Gasteiger partial charge in [0.25, 0.3) is 0 Å². The Balaban J connectivity index is 1.42. The largest absolute Gasteiger partial charge is 0.392 e. The minimum Gasteiger partial charge on any atom is -0.392 e. The van der Waals surface area contributed by atoms with E-state index < -0.39 is 0 Å². The molecule has 0 radical (unpaired) electrons. The van der Waals surface area contributed by atoms with Crippen LogP contribution in [0.1, 0.15) is 49.3 Å². The molecule has 2 nitrogen and oxygen atoms in total. The fourth-order valence-corrected chi connectivity index (χ4v) is 6.10. The summed E-state index contributed by atoms with van der Waals surface area (Å²) >= 11 is 0. The van der Waals surface area contributed by atoms with Gasteiger partial charge in [-0.1, -0.05) is 6.07 Å². The van der Waals surface area contributed by atoms with Crippen molar-refractivity contribution in [3.63, 3.8) is 0 Å². The normalized spacial score (nSPS) is 45.9. The van der Waals surface area contributed by atoms with Crippen LogP contribution in [0.15, 0.2) is 18.3 Å². The topological polar surface area (TPSA) is 33.1 Å². The molecule has 3 saturated carbocycles. The molecule has 4 aliphatic carbocycles. The number of hydrogen-bond acceptors (Lipinski definition) is 2. The van der Waals surface area contributed by atoms with Gasteiger partial charge in [0.15, 0.2) is 0 Å². The molecule has 1 aromatic rings. The molecule has 6 atom stereocenters. The highest BCUT2D eigenvalue weighted by Gasteiger charge is 2.67. The summed E-state index contributed by atoms with van der Waals surface area (Å²) < 4.78 is 0. The van der Waals surface area contributed by atoms with Gasteiger partial charge in [-0.05, 0) is 79.7 Å². The van der Waals surface area contributed by atoms with Crippen molar-refractivity contribution < 1.29 is 5.11 Å². The summed E-state index contributed by atoms with van der Waals surface area (Å²) in [4.78, 5) is 4.62. The summed E-state index contributed by atoms with van der Waals surface area (Å²) in [5.74, 6) is 4.58. The maximum Gasteiger partial charge on any atom is 0.0657 e. The van der Waals surface area contributed by atoms with Crippen LogP contribution in [0.25, 0.3) is 0 Å². The van der Waals surface area contributed by atoms with Crippen LogP contribution in [0.4, 0.5) is 0 Å². The maximum atomic E-state index is 11.0. The second-order valence-electron chi connectivity index (χ2n) is 7.60. The quantitative estimate of drug-likeness (QED) is 0.894. The highest BCUT2D eigenvalue weighted by molar-refractivity contribution is 5.29. The maximum absolute atomic E-state index is 11.0. The highest BCUT2D eigenvalue weighted by Crippen LogP contribution is 2.71. The number of aryl methyl sites for hydroxylation is 1. The van der Waals surface area contributed by atoms with Crippen LogP contribution in [0.5, 0.6) is 0 Å². The van der Waals surface area contributed by atoms with Gasteiger partial charge in [0.05, 0.1) is 6.10 Å². The molecule has 0 spiro atoms. The molecule has 0 aromatic carbocycles. The molecule has 5 rings (SSSR count). The van der Waals surface area contributed by atoms with Gasteiger partial charge in [0.1, 0.15) is 0 Å². The van der Waals surface area contributed by atoms with E-state index in [1.165, 1.54) is 36.9 Å². The first-order valence-electron chi connectivity index (χ1n) is 8.46. The van der Waals surface area contributed by atoms with Crippen molar-refractivity contribution in [3.05, 3.63) is 29.6 Å². The molecule has 106 valence electrons. The molecular weight excluding hydrogens is 246 g/mol. The van der Waals surface area contributed by atoms with Gasteiger partial charge in [-0.3, -0.25) is 4.98 Å². The number of pyridine rings is 1. The summed E-state index contributed by atoms with van der Waals surface area (Å²) in [6.07, 6.45) is 9.63. The number of aliphatic hydroxyl groups excluding tert-OH is 1. The Labute approximate surface area is 120 Å². The summed E-state index contributed by atoms with van der Waals surface area (Å²) in [6, 6.07) is 4.25. The minimum absolute atomic E-state index is 0.123. The van der Waals surface area contributed by atoms with Crippen molar-refractivity contribution in [2.24, 2.45) is 29.6 Å². The second kappa shape index (κ2) is 4.07. The number of rotatable bonds is 2. The lowest BCUT2D eigenvalue weighted by molar-refractivity contribution is 0.0915. The van der Waals surface area contributed by atoms with Crippen LogP contribution in [0, 0.1) is 29.6 Å². The Hall–Kier alpha value is -0.890. The second-order valence-corrected chi connectivity index (χ2v) is 7.60. The summed E-state index contributed by atoms with van der Waals surface area (Å²) in [5, 5.41) is 11.0. The van der Waals surface area contributed by atoms with Crippen molar-refractivity contribution in [3.8, 4) is 0 Å². The Morgan fingerprint density at radius 1 is 1.15 bits per heavy atom. The molecule has 1 aromatic heterocycles. The Bertz CT molecular complexity index is 526. The predicted molar refractivity (Wildman–Crippen MR) is 77.2 cm³/mol. The standard InChI is InChI=1S/C18H23NO/c20-18(16-14-11-6-7-12(9-11)15(14)16)13-5-1-3-10-4-2-8-19-17(10)13/h2,4,8,11-16,18,20H,1,3,5-7,9H2. The highest BCUT2D eigenvalue weighted by atomic mass is 16.3. The van der Waals surface area contributed by atoms with Crippen LogP contribution < -0.4 is 0 Å². The first-order chi connectivity index (χ1) is 9.84. The Morgan fingerprint density at radius 2 is 1.95 bits per heavy atom. The number of aromatic nitrogens is 1. The van der Waals surface area contributed by atoms with Gasteiger partial charge < -0.3 is 5.11 Å². The van der Waals surface area contributed by atoms with E-state index >= 15 is 0 Å². The van der Waals surface area contributed by atoms with Crippen LogP contribution in [0.3, 0.4) is 0 Å². The number of hydrogen-bond donors (Lipinski definition) is 1. The molecule has 0 aliphatic heterocycles. The third-order valence-electron chi connectivity index (χ3n) is 6.84.